The van der Waals surface area contributed by atoms with Crippen molar-refractivity contribution < 1.29 is 14.6 Å². The Hall–Kier alpha value is -1.55. The molecule has 4 nitrogen and oxygen atoms in total. The summed E-state index contributed by atoms with van der Waals surface area (Å²) in [4.78, 5) is 11.0. The molecule has 0 bridgehead atoms. The third-order valence-electron chi connectivity index (χ3n) is 2.50. The topological polar surface area (TPSA) is 58.6 Å². The lowest BCUT2D eigenvalue weighted by molar-refractivity contribution is -0.152. The lowest BCUT2D eigenvalue weighted by Gasteiger charge is -2.23. The molecule has 17 heavy (non-hydrogen) atoms. The molecule has 1 rings (SSSR count). The highest BCUT2D eigenvalue weighted by Gasteiger charge is 2.29. The minimum absolute atomic E-state index is 0.609. The molecule has 1 aromatic rings. The Labute approximate surface area is 102 Å². The lowest BCUT2D eigenvalue weighted by Crippen LogP contribution is -2.38. The van der Waals surface area contributed by atoms with Crippen molar-refractivity contribution in [3.63, 3.8) is 0 Å². The molecule has 94 valence electrons. The Morgan fingerprint density at radius 2 is 2.12 bits per heavy atom. The number of carboxylic acid groups (broad SMARTS) is 1. The molecule has 2 N–H and O–H groups in total. The molecule has 0 aliphatic carbocycles. The summed E-state index contributed by atoms with van der Waals surface area (Å²) in [6.07, 6.45) is 0. The molecule has 0 amide bonds. The van der Waals surface area contributed by atoms with Crippen molar-refractivity contribution in [3.8, 4) is 5.75 Å². The van der Waals surface area contributed by atoms with Gasteiger partial charge in [0.2, 0.25) is 0 Å². The number of aryl methyl sites for hydroxylation is 1. The number of benzene rings is 1. The minimum Gasteiger partial charge on any atom is -0.478 e. The normalized spacial score (nSPS) is 11.3. The number of aliphatic carboxylic acids is 1. The first-order chi connectivity index (χ1) is 7.86. The Morgan fingerprint density at radius 1 is 1.47 bits per heavy atom. The summed E-state index contributed by atoms with van der Waals surface area (Å²) < 4.78 is 5.51. The zero-order valence-corrected chi connectivity index (χ0v) is 10.7. The van der Waals surface area contributed by atoms with E-state index < -0.39 is 11.6 Å². The van der Waals surface area contributed by atoms with Gasteiger partial charge in [-0.2, -0.15) is 0 Å². The third kappa shape index (κ3) is 3.46. The van der Waals surface area contributed by atoms with Crippen LogP contribution in [0.1, 0.15) is 25.0 Å². The highest BCUT2D eigenvalue weighted by molar-refractivity contribution is 5.76. The van der Waals surface area contributed by atoms with Crippen LogP contribution >= 0.6 is 0 Å². The Bertz CT molecular complexity index is 413. The van der Waals surface area contributed by atoms with Gasteiger partial charge in [-0.25, -0.2) is 4.79 Å². The van der Waals surface area contributed by atoms with Gasteiger partial charge in [0.25, 0.3) is 0 Å². The molecule has 0 unspecified atom stereocenters. The van der Waals surface area contributed by atoms with Crippen LogP contribution in [0.25, 0.3) is 0 Å². The number of ether oxygens (including phenoxy) is 1. The monoisotopic (exact) mass is 237 g/mol. The second kappa shape index (κ2) is 5.19. The molecule has 0 aromatic heterocycles. The van der Waals surface area contributed by atoms with Crippen molar-refractivity contribution in [2.75, 3.05) is 7.05 Å². The van der Waals surface area contributed by atoms with E-state index in [1.807, 2.05) is 32.2 Å². The number of carboxylic acids is 1. The summed E-state index contributed by atoms with van der Waals surface area (Å²) in [5.41, 5.74) is 0.868. The maximum absolute atomic E-state index is 11.0. The summed E-state index contributed by atoms with van der Waals surface area (Å²) in [7, 11) is 1.88. The molecule has 0 spiro atoms. The molecule has 0 atom stereocenters. The first-order valence-electron chi connectivity index (χ1n) is 5.53. The maximum Gasteiger partial charge on any atom is 0.347 e. The first-order valence-corrected chi connectivity index (χ1v) is 5.53. The fourth-order valence-corrected chi connectivity index (χ4v) is 1.46. The second-order valence-corrected chi connectivity index (χ2v) is 4.55. The van der Waals surface area contributed by atoms with Crippen LogP contribution in [-0.2, 0) is 11.3 Å². The number of rotatable bonds is 5. The summed E-state index contributed by atoms with van der Waals surface area (Å²) >= 11 is 0. The van der Waals surface area contributed by atoms with Crippen LogP contribution in [0, 0.1) is 6.92 Å². The fourth-order valence-electron chi connectivity index (χ4n) is 1.46. The molecule has 0 aliphatic rings. The molecule has 0 radical (unpaired) electrons. The number of hydrogen-bond acceptors (Lipinski definition) is 3. The molecule has 0 saturated heterocycles. The van der Waals surface area contributed by atoms with E-state index in [1.54, 1.807) is 0 Å². The van der Waals surface area contributed by atoms with Crippen LogP contribution in [0.15, 0.2) is 18.2 Å². The predicted octanol–water partition coefficient (Wildman–Crippen LogP) is 1.96. The van der Waals surface area contributed by atoms with Crippen LogP contribution < -0.4 is 10.1 Å². The molecule has 0 aliphatic heterocycles. The van der Waals surface area contributed by atoms with E-state index in [9.17, 15) is 4.79 Å². The molecular weight excluding hydrogens is 218 g/mol. The van der Waals surface area contributed by atoms with Crippen molar-refractivity contribution in [2.45, 2.75) is 32.9 Å². The van der Waals surface area contributed by atoms with Gasteiger partial charge in [-0.15, -0.1) is 0 Å². The quantitative estimate of drug-likeness (QED) is 0.822. The predicted molar refractivity (Wildman–Crippen MR) is 66.3 cm³/mol. The van der Waals surface area contributed by atoms with E-state index in [0.29, 0.717) is 5.75 Å². The Balaban J connectivity index is 2.90. The molecule has 0 fully saturated rings. The van der Waals surface area contributed by atoms with Crippen molar-refractivity contribution in [2.24, 2.45) is 0 Å². The summed E-state index contributed by atoms with van der Waals surface area (Å²) in [5.74, 6) is -0.367. The van der Waals surface area contributed by atoms with Gasteiger partial charge in [0, 0.05) is 6.54 Å². The first kappa shape index (κ1) is 13.5. The van der Waals surface area contributed by atoms with Gasteiger partial charge < -0.3 is 15.2 Å². The molecule has 1 aromatic carbocycles. The Morgan fingerprint density at radius 3 is 2.59 bits per heavy atom. The van der Waals surface area contributed by atoms with Gasteiger partial charge >= 0.3 is 5.97 Å². The van der Waals surface area contributed by atoms with Gasteiger partial charge in [0.05, 0.1) is 0 Å². The van der Waals surface area contributed by atoms with E-state index in [4.69, 9.17) is 9.84 Å². The summed E-state index contributed by atoms with van der Waals surface area (Å²) in [6.45, 7) is 5.77. The van der Waals surface area contributed by atoms with Crippen LogP contribution in [0.4, 0.5) is 0 Å². The summed E-state index contributed by atoms with van der Waals surface area (Å²) in [5, 5.41) is 12.1. The second-order valence-electron chi connectivity index (χ2n) is 4.55. The average Bonchev–Trinajstić information content (AvgIpc) is 2.22. The van der Waals surface area contributed by atoms with Crippen LogP contribution in [0.3, 0.4) is 0 Å². The molecule has 0 heterocycles. The largest absolute Gasteiger partial charge is 0.478 e. The number of carbonyl (C=O) groups is 1. The zero-order chi connectivity index (χ0) is 13.1. The smallest absolute Gasteiger partial charge is 0.347 e. The highest BCUT2D eigenvalue weighted by Crippen LogP contribution is 2.24. The Kier molecular flexibility index (Phi) is 4.12. The highest BCUT2D eigenvalue weighted by atomic mass is 16.5. The van der Waals surface area contributed by atoms with E-state index in [0.717, 1.165) is 17.7 Å². The SMILES string of the molecule is CNCc1ccc(OC(C)(C)C(=O)O)c(C)c1. The van der Waals surface area contributed by atoms with Gasteiger partial charge in [0.15, 0.2) is 5.60 Å². The van der Waals surface area contributed by atoms with E-state index in [1.165, 1.54) is 13.8 Å². The van der Waals surface area contributed by atoms with Crippen LogP contribution in [-0.4, -0.2) is 23.7 Å². The van der Waals surface area contributed by atoms with Crippen LogP contribution in [0.5, 0.6) is 5.75 Å². The van der Waals surface area contributed by atoms with E-state index in [-0.39, 0.29) is 0 Å². The number of nitrogens with one attached hydrogen (secondary N) is 1. The summed E-state index contributed by atoms with van der Waals surface area (Å²) in [6, 6.07) is 5.73. The van der Waals surface area contributed by atoms with Crippen molar-refractivity contribution >= 4 is 5.97 Å². The van der Waals surface area contributed by atoms with Crippen molar-refractivity contribution in [1.29, 1.82) is 0 Å². The van der Waals surface area contributed by atoms with Gasteiger partial charge in [-0.3, -0.25) is 0 Å². The van der Waals surface area contributed by atoms with Gasteiger partial charge in [-0.05, 0) is 45.0 Å². The van der Waals surface area contributed by atoms with E-state index >= 15 is 0 Å². The van der Waals surface area contributed by atoms with Crippen LogP contribution in [0.2, 0.25) is 0 Å². The molecular formula is C13H19NO3. The maximum atomic E-state index is 11.0. The molecule has 0 saturated carbocycles. The van der Waals surface area contributed by atoms with Gasteiger partial charge in [-0.1, -0.05) is 12.1 Å². The molecule has 4 heteroatoms. The van der Waals surface area contributed by atoms with Gasteiger partial charge in [0.1, 0.15) is 5.75 Å². The van der Waals surface area contributed by atoms with Crippen molar-refractivity contribution in [3.05, 3.63) is 29.3 Å². The average molecular weight is 237 g/mol. The minimum atomic E-state index is -1.21. The number of hydrogen-bond donors (Lipinski definition) is 2. The third-order valence-corrected chi connectivity index (χ3v) is 2.50. The standard InChI is InChI=1S/C13H19NO3/c1-9-7-10(8-14-4)5-6-11(9)17-13(2,3)12(15)16/h5-7,14H,8H2,1-4H3,(H,15,16). The van der Waals surface area contributed by atoms with E-state index in [2.05, 4.69) is 5.32 Å². The fraction of sp³-hybridized carbons (Fsp3) is 0.462. The lowest BCUT2D eigenvalue weighted by atomic mass is 10.1. The zero-order valence-electron chi connectivity index (χ0n) is 10.7. The van der Waals surface area contributed by atoms with Crippen molar-refractivity contribution in [1.82, 2.24) is 5.32 Å².